The molecular formula is C22H30O5. The highest BCUT2D eigenvalue weighted by Crippen LogP contribution is 2.49. The lowest BCUT2D eigenvalue weighted by atomic mass is 9.85. The third-order valence-electron chi connectivity index (χ3n) is 6.33. The summed E-state index contributed by atoms with van der Waals surface area (Å²) in [5.74, 6) is 2.59. The Morgan fingerprint density at radius 2 is 2.11 bits per heavy atom. The zero-order valence-corrected chi connectivity index (χ0v) is 16.3. The van der Waals surface area contributed by atoms with Crippen LogP contribution < -0.4 is 5.63 Å². The van der Waals surface area contributed by atoms with Crippen molar-refractivity contribution in [2.75, 3.05) is 13.2 Å². The number of aromatic hydroxyl groups is 1. The van der Waals surface area contributed by atoms with E-state index in [0.29, 0.717) is 29.6 Å². The minimum Gasteiger partial charge on any atom is -0.507 e. The van der Waals surface area contributed by atoms with Crippen LogP contribution in [0.4, 0.5) is 0 Å². The third kappa shape index (κ3) is 3.79. The van der Waals surface area contributed by atoms with Crippen molar-refractivity contribution >= 4 is 0 Å². The molecule has 0 spiro atoms. The van der Waals surface area contributed by atoms with E-state index >= 15 is 0 Å². The second kappa shape index (κ2) is 7.34. The van der Waals surface area contributed by atoms with Gasteiger partial charge in [0.25, 0.3) is 0 Å². The first-order valence-electron chi connectivity index (χ1n) is 10.3. The largest absolute Gasteiger partial charge is 0.507 e. The van der Waals surface area contributed by atoms with Crippen LogP contribution in [0.3, 0.4) is 0 Å². The molecular weight excluding hydrogens is 344 g/mol. The molecule has 0 amide bonds. The average molecular weight is 374 g/mol. The van der Waals surface area contributed by atoms with Crippen molar-refractivity contribution in [1.29, 1.82) is 0 Å². The van der Waals surface area contributed by atoms with Gasteiger partial charge in [-0.2, -0.15) is 0 Å². The molecule has 0 aromatic carbocycles. The Morgan fingerprint density at radius 1 is 1.30 bits per heavy atom. The topological polar surface area (TPSA) is 68.9 Å². The predicted molar refractivity (Wildman–Crippen MR) is 102 cm³/mol. The summed E-state index contributed by atoms with van der Waals surface area (Å²) in [5.41, 5.74) is -0.921. The highest BCUT2D eigenvalue weighted by atomic mass is 16.5. The van der Waals surface area contributed by atoms with Gasteiger partial charge in [-0.05, 0) is 50.5 Å². The molecule has 148 valence electrons. The number of allylic oxidation sites excluding steroid dienone is 1. The molecule has 3 atom stereocenters. The summed E-state index contributed by atoms with van der Waals surface area (Å²) in [6.07, 6.45) is 8.54. The highest BCUT2D eigenvalue weighted by molar-refractivity contribution is 5.38. The Balaban J connectivity index is 1.63. The van der Waals surface area contributed by atoms with Gasteiger partial charge in [-0.15, -0.1) is 0 Å². The molecule has 27 heavy (non-hydrogen) atoms. The van der Waals surface area contributed by atoms with Crippen LogP contribution in [-0.4, -0.2) is 18.3 Å². The molecule has 2 aliphatic heterocycles. The van der Waals surface area contributed by atoms with Crippen molar-refractivity contribution in [3.63, 3.8) is 0 Å². The third-order valence-corrected chi connectivity index (χ3v) is 6.33. The van der Waals surface area contributed by atoms with E-state index in [2.05, 4.69) is 6.92 Å². The van der Waals surface area contributed by atoms with Crippen molar-refractivity contribution in [3.8, 4) is 5.75 Å². The van der Waals surface area contributed by atoms with Crippen molar-refractivity contribution in [2.24, 2.45) is 11.8 Å². The molecule has 3 heterocycles. The van der Waals surface area contributed by atoms with E-state index in [-0.39, 0.29) is 11.7 Å². The van der Waals surface area contributed by atoms with Gasteiger partial charge in [-0.3, -0.25) is 0 Å². The molecule has 0 radical (unpaired) electrons. The minimum atomic E-state index is -0.768. The molecule has 0 bridgehead atoms. The van der Waals surface area contributed by atoms with E-state index in [0.717, 1.165) is 57.5 Å². The van der Waals surface area contributed by atoms with Crippen molar-refractivity contribution < 1.29 is 19.0 Å². The molecule has 3 aliphatic rings. The normalized spacial score (nSPS) is 28.8. The molecule has 5 nitrogen and oxygen atoms in total. The zero-order valence-electron chi connectivity index (χ0n) is 16.3. The Bertz CT molecular complexity index is 769. The van der Waals surface area contributed by atoms with E-state index in [1.807, 2.05) is 13.0 Å². The molecule has 5 heteroatoms. The summed E-state index contributed by atoms with van der Waals surface area (Å²) in [4.78, 5) is 13.0. The van der Waals surface area contributed by atoms with Gasteiger partial charge >= 0.3 is 5.63 Å². The van der Waals surface area contributed by atoms with Gasteiger partial charge in [0.1, 0.15) is 22.7 Å². The van der Waals surface area contributed by atoms with Crippen LogP contribution in [0, 0.1) is 11.8 Å². The Labute approximate surface area is 160 Å². The van der Waals surface area contributed by atoms with Crippen molar-refractivity contribution in [1.82, 2.24) is 0 Å². The molecule has 1 saturated heterocycles. The lowest BCUT2D eigenvalue weighted by Gasteiger charge is -2.30. The van der Waals surface area contributed by atoms with Crippen LogP contribution in [0.2, 0.25) is 0 Å². The second-order valence-electron chi connectivity index (χ2n) is 8.53. The monoisotopic (exact) mass is 374 g/mol. The summed E-state index contributed by atoms with van der Waals surface area (Å²) in [7, 11) is 0. The highest BCUT2D eigenvalue weighted by Gasteiger charge is 2.46. The maximum atomic E-state index is 13.0. The molecule has 4 rings (SSSR count). The van der Waals surface area contributed by atoms with Crippen LogP contribution >= 0.6 is 0 Å². The van der Waals surface area contributed by atoms with Crippen molar-refractivity contribution in [2.45, 2.75) is 70.3 Å². The summed E-state index contributed by atoms with van der Waals surface area (Å²) < 4.78 is 17.3. The summed E-state index contributed by atoms with van der Waals surface area (Å²) in [6, 6.07) is 1.66. The predicted octanol–water partition coefficient (Wildman–Crippen LogP) is 4.59. The van der Waals surface area contributed by atoms with Crippen LogP contribution in [0.25, 0.3) is 0 Å². The zero-order chi connectivity index (χ0) is 19.0. The summed E-state index contributed by atoms with van der Waals surface area (Å²) in [5, 5.41) is 10.8. The fraction of sp³-hybridized carbons (Fsp3) is 0.682. The van der Waals surface area contributed by atoms with Gasteiger partial charge in [-0.25, -0.2) is 4.79 Å². The first kappa shape index (κ1) is 18.6. The van der Waals surface area contributed by atoms with Gasteiger partial charge in [0.2, 0.25) is 0 Å². The molecule has 1 N–H and O–H groups in total. The second-order valence-corrected chi connectivity index (χ2v) is 8.53. The Morgan fingerprint density at radius 3 is 2.67 bits per heavy atom. The molecule has 1 aromatic heterocycles. The molecule has 1 aromatic rings. The van der Waals surface area contributed by atoms with E-state index in [4.69, 9.17) is 13.9 Å². The van der Waals surface area contributed by atoms with E-state index in [1.54, 1.807) is 6.07 Å². The maximum Gasteiger partial charge on any atom is 0.347 e. The van der Waals surface area contributed by atoms with Crippen LogP contribution in [0.15, 0.2) is 27.1 Å². The summed E-state index contributed by atoms with van der Waals surface area (Å²) in [6.45, 7) is 5.57. The van der Waals surface area contributed by atoms with Crippen LogP contribution in [0.5, 0.6) is 5.75 Å². The fourth-order valence-corrected chi connectivity index (χ4v) is 4.64. The van der Waals surface area contributed by atoms with Gasteiger partial charge in [-0.1, -0.05) is 19.8 Å². The van der Waals surface area contributed by atoms with E-state index < -0.39 is 11.2 Å². The van der Waals surface area contributed by atoms with Crippen LogP contribution in [-0.2, 0) is 15.1 Å². The average Bonchev–Trinajstić information content (AvgIpc) is 3.13. The van der Waals surface area contributed by atoms with E-state index in [1.165, 1.54) is 0 Å². The maximum absolute atomic E-state index is 13.0. The van der Waals surface area contributed by atoms with E-state index in [9.17, 15) is 9.90 Å². The first-order valence-corrected chi connectivity index (χ1v) is 10.3. The molecule has 1 aliphatic carbocycles. The molecule has 3 unspecified atom stereocenters. The molecule has 1 saturated carbocycles. The number of hydrogen-bond acceptors (Lipinski definition) is 5. The first-order chi connectivity index (χ1) is 13.0. The Hall–Kier alpha value is -1.75. The lowest BCUT2D eigenvalue weighted by molar-refractivity contribution is 0.00454. The lowest BCUT2D eigenvalue weighted by Crippen LogP contribution is -2.32. The Kier molecular flexibility index (Phi) is 5.06. The minimum absolute atomic E-state index is 0.0196. The smallest absolute Gasteiger partial charge is 0.347 e. The van der Waals surface area contributed by atoms with Gasteiger partial charge < -0.3 is 19.0 Å². The SMILES string of the molecule is CCC(CC1CCOC1)c1cc(O)c(C2(CC3CC3)CC=C(C)O2)c(=O)o1. The van der Waals surface area contributed by atoms with Crippen LogP contribution in [0.1, 0.15) is 76.0 Å². The van der Waals surface area contributed by atoms with Gasteiger partial charge in [0, 0.05) is 31.6 Å². The fourth-order valence-electron chi connectivity index (χ4n) is 4.64. The van der Waals surface area contributed by atoms with Crippen molar-refractivity contribution in [3.05, 3.63) is 39.6 Å². The number of rotatable bonds is 7. The van der Waals surface area contributed by atoms with Gasteiger partial charge in [0.05, 0.1) is 5.76 Å². The molecule has 2 fully saturated rings. The number of ether oxygens (including phenoxy) is 2. The number of hydrogen-bond donors (Lipinski definition) is 1. The summed E-state index contributed by atoms with van der Waals surface area (Å²) >= 11 is 0. The standard InChI is InChI=1S/C22H30O5/c1-3-17(10-16-7-9-25-13-16)19-11-18(23)20(21(24)26-19)22(12-15-4-5-15)8-6-14(2)27-22/h6,11,15-17,23H,3-5,7-10,12-13H2,1-2H3. The quantitative estimate of drug-likeness (QED) is 0.756. The van der Waals surface area contributed by atoms with Gasteiger partial charge in [0.15, 0.2) is 0 Å².